The smallest absolute Gasteiger partial charge is 0.295 e. The highest BCUT2D eigenvalue weighted by Gasteiger charge is 2.30. The summed E-state index contributed by atoms with van der Waals surface area (Å²) in [6, 6.07) is 12.3. The first-order chi connectivity index (χ1) is 18.1. The van der Waals surface area contributed by atoms with Gasteiger partial charge in [-0.25, -0.2) is 4.79 Å². The van der Waals surface area contributed by atoms with Crippen LogP contribution in [0.15, 0.2) is 53.6 Å². The molecular formula is C29H37N7O. The number of unbranched alkanes of at least 4 members (excludes halogenated alkanes) is 1. The van der Waals surface area contributed by atoms with Crippen LogP contribution in [0.5, 0.6) is 0 Å². The number of tetrazole rings is 1. The molecule has 8 nitrogen and oxygen atoms in total. The molecule has 3 aromatic heterocycles. The van der Waals surface area contributed by atoms with Gasteiger partial charge in [-0.1, -0.05) is 70.4 Å². The number of H-pyrrole nitrogens is 1. The zero-order valence-electron chi connectivity index (χ0n) is 22.1. The highest BCUT2D eigenvalue weighted by Crippen LogP contribution is 2.36. The van der Waals surface area contributed by atoms with E-state index in [1.165, 1.54) is 25.7 Å². The molecule has 0 aliphatic heterocycles. The Morgan fingerprint density at radius 3 is 2.43 bits per heavy atom. The topological polar surface area (TPSA) is 94.3 Å². The third-order valence-corrected chi connectivity index (χ3v) is 7.88. The number of nitrogens with zero attached hydrogens (tertiary/aromatic N) is 6. The van der Waals surface area contributed by atoms with Crippen molar-refractivity contribution in [1.82, 2.24) is 34.7 Å². The Hall–Kier alpha value is -3.55. The number of hydrogen-bond acceptors (Lipinski definition) is 5. The monoisotopic (exact) mass is 499 g/mol. The lowest BCUT2D eigenvalue weighted by molar-refractivity contribution is 0.253. The number of rotatable bonds is 8. The average Bonchev–Trinajstić information content (AvgIpc) is 3.51. The van der Waals surface area contributed by atoms with Gasteiger partial charge in [0.15, 0.2) is 0 Å². The van der Waals surface area contributed by atoms with E-state index in [4.69, 9.17) is 4.98 Å². The fourth-order valence-electron chi connectivity index (χ4n) is 5.91. The van der Waals surface area contributed by atoms with Gasteiger partial charge >= 0.3 is 5.69 Å². The molecule has 2 atom stereocenters. The molecule has 2 unspecified atom stereocenters. The van der Waals surface area contributed by atoms with Crippen molar-refractivity contribution in [3.05, 3.63) is 70.5 Å². The molecule has 0 bridgehead atoms. The first-order valence-electron chi connectivity index (χ1n) is 13.7. The Kier molecular flexibility index (Phi) is 7.63. The van der Waals surface area contributed by atoms with E-state index >= 15 is 0 Å². The van der Waals surface area contributed by atoms with Crippen LogP contribution in [0, 0.1) is 11.8 Å². The van der Waals surface area contributed by atoms with Crippen molar-refractivity contribution >= 4 is 0 Å². The Morgan fingerprint density at radius 2 is 1.78 bits per heavy atom. The first kappa shape index (κ1) is 25.1. The lowest BCUT2D eigenvalue weighted by Crippen LogP contribution is -2.33. The molecule has 1 aromatic carbocycles. The average molecular weight is 500 g/mol. The van der Waals surface area contributed by atoms with Crippen LogP contribution in [0.25, 0.3) is 22.6 Å². The van der Waals surface area contributed by atoms with E-state index in [-0.39, 0.29) is 11.7 Å². The highest BCUT2D eigenvalue weighted by atomic mass is 16.1. The second-order valence-corrected chi connectivity index (χ2v) is 10.6. The van der Waals surface area contributed by atoms with E-state index in [2.05, 4.69) is 58.2 Å². The highest BCUT2D eigenvalue weighted by molar-refractivity contribution is 5.78. The molecule has 1 aliphatic carbocycles. The molecule has 37 heavy (non-hydrogen) atoms. The van der Waals surface area contributed by atoms with Gasteiger partial charge in [-0.15, -0.1) is 10.2 Å². The minimum Gasteiger partial charge on any atom is -0.295 e. The van der Waals surface area contributed by atoms with Crippen LogP contribution in [-0.4, -0.2) is 34.7 Å². The van der Waals surface area contributed by atoms with E-state index in [1.807, 2.05) is 41.1 Å². The van der Waals surface area contributed by atoms with Crippen molar-refractivity contribution in [3.8, 4) is 22.6 Å². The molecule has 5 rings (SSSR count). The molecule has 4 aromatic rings. The van der Waals surface area contributed by atoms with E-state index in [9.17, 15) is 4.79 Å². The van der Waals surface area contributed by atoms with Gasteiger partial charge in [0.2, 0.25) is 5.82 Å². The molecule has 194 valence electrons. The number of pyridine rings is 1. The second-order valence-electron chi connectivity index (χ2n) is 10.6. The van der Waals surface area contributed by atoms with Crippen molar-refractivity contribution < 1.29 is 0 Å². The number of aromatic nitrogens is 7. The molecule has 0 saturated heterocycles. The van der Waals surface area contributed by atoms with Gasteiger partial charge < -0.3 is 0 Å². The number of nitrogens with one attached hydrogen (secondary N) is 1. The lowest BCUT2D eigenvalue weighted by atomic mass is 9.89. The minimum absolute atomic E-state index is 0.114. The van der Waals surface area contributed by atoms with Crippen molar-refractivity contribution in [2.24, 2.45) is 11.8 Å². The minimum atomic E-state index is 0.114. The third kappa shape index (κ3) is 5.29. The predicted octanol–water partition coefficient (Wildman–Crippen LogP) is 5.67. The summed E-state index contributed by atoms with van der Waals surface area (Å²) in [6.45, 7) is 7.36. The van der Waals surface area contributed by atoms with E-state index in [1.54, 1.807) is 0 Å². The number of imidazole rings is 1. The normalized spacial score (nSPS) is 20.1. The predicted molar refractivity (Wildman–Crippen MR) is 145 cm³/mol. The van der Waals surface area contributed by atoms with Crippen LogP contribution in [0.4, 0.5) is 0 Å². The zero-order valence-corrected chi connectivity index (χ0v) is 22.1. The van der Waals surface area contributed by atoms with Gasteiger partial charge in [-0.05, 0) is 54.4 Å². The van der Waals surface area contributed by atoms with Gasteiger partial charge in [-0.2, -0.15) is 5.21 Å². The lowest BCUT2D eigenvalue weighted by Gasteiger charge is -2.27. The molecule has 1 saturated carbocycles. The SMILES string of the molecule is CCCCc1cn(C2C(C)CCCCC2C)c(=O)n1Cc1ccc(-c2ccccc2-c2nn[nH]n2)nc1. The van der Waals surface area contributed by atoms with Gasteiger partial charge in [-0.3, -0.25) is 14.1 Å². The maximum Gasteiger partial charge on any atom is 0.328 e. The van der Waals surface area contributed by atoms with Crippen molar-refractivity contribution in [3.63, 3.8) is 0 Å². The van der Waals surface area contributed by atoms with E-state index in [0.717, 1.165) is 47.3 Å². The number of hydrogen-bond donors (Lipinski definition) is 1. The quantitative estimate of drug-likeness (QED) is 0.315. The summed E-state index contributed by atoms with van der Waals surface area (Å²) in [4.78, 5) is 18.6. The maximum atomic E-state index is 13.8. The zero-order chi connectivity index (χ0) is 25.8. The van der Waals surface area contributed by atoms with Crippen LogP contribution < -0.4 is 5.69 Å². The fraction of sp³-hybridized carbons (Fsp3) is 0.483. The Balaban J connectivity index is 1.45. The second kappa shape index (κ2) is 11.2. The maximum absolute atomic E-state index is 13.8. The summed E-state index contributed by atoms with van der Waals surface area (Å²) < 4.78 is 4.04. The largest absolute Gasteiger partial charge is 0.328 e. The van der Waals surface area contributed by atoms with Crippen molar-refractivity contribution in [1.29, 1.82) is 0 Å². The van der Waals surface area contributed by atoms with Gasteiger partial charge in [0.25, 0.3) is 0 Å². The van der Waals surface area contributed by atoms with Gasteiger partial charge in [0.1, 0.15) is 0 Å². The van der Waals surface area contributed by atoms with Crippen LogP contribution in [-0.2, 0) is 13.0 Å². The van der Waals surface area contributed by atoms with Crippen molar-refractivity contribution in [2.75, 3.05) is 0 Å². The van der Waals surface area contributed by atoms with Gasteiger partial charge in [0, 0.05) is 35.3 Å². The van der Waals surface area contributed by atoms with E-state index < -0.39 is 0 Å². The van der Waals surface area contributed by atoms with Crippen LogP contribution in [0.1, 0.15) is 76.6 Å². The van der Waals surface area contributed by atoms with E-state index in [0.29, 0.717) is 24.2 Å². The molecule has 0 amide bonds. The third-order valence-electron chi connectivity index (χ3n) is 7.88. The Morgan fingerprint density at radius 1 is 1.03 bits per heavy atom. The fourth-order valence-corrected chi connectivity index (χ4v) is 5.91. The molecule has 0 spiro atoms. The molecule has 1 fully saturated rings. The summed E-state index contributed by atoms with van der Waals surface area (Å²) >= 11 is 0. The van der Waals surface area contributed by atoms with Crippen molar-refractivity contribution in [2.45, 2.75) is 78.3 Å². The van der Waals surface area contributed by atoms with Gasteiger partial charge in [0.05, 0.1) is 12.2 Å². The molecule has 1 aliphatic rings. The number of aromatic amines is 1. The molecule has 0 radical (unpaired) electrons. The summed E-state index contributed by atoms with van der Waals surface area (Å²) in [7, 11) is 0. The van der Waals surface area contributed by atoms with Crippen LogP contribution in [0.3, 0.4) is 0 Å². The molecule has 1 N–H and O–H groups in total. The Labute approximate surface area is 218 Å². The summed E-state index contributed by atoms with van der Waals surface area (Å²) in [5.41, 5.74) is 4.91. The summed E-state index contributed by atoms with van der Waals surface area (Å²) in [5.74, 6) is 1.55. The summed E-state index contributed by atoms with van der Waals surface area (Å²) in [5, 5.41) is 14.5. The van der Waals surface area contributed by atoms with Crippen LogP contribution >= 0.6 is 0 Å². The Bertz CT molecular complexity index is 1340. The van der Waals surface area contributed by atoms with Crippen LogP contribution in [0.2, 0.25) is 0 Å². The molecule has 8 heteroatoms. The number of aryl methyl sites for hydroxylation is 1. The standard InChI is InChI=1S/C29H37N7O/c1-4-5-12-23-19-36(27-20(2)10-6-7-11-21(27)3)29(37)35(23)18-22-15-16-26(30-17-22)24-13-8-9-14-25(24)28-31-33-34-32-28/h8-9,13-17,19-21,27H,4-7,10-12,18H2,1-3H3,(H,31,32,33,34). The molecule has 3 heterocycles. The summed E-state index contributed by atoms with van der Waals surface area (Å²) in [6.07, 6.45) is 12.0. The first-order valence-corrected chi connectivity index (χ1v) is 13.7. The number of benzene rings is 1. The molecular weight excluding hydrogens is 462 g/mol.